The highest BCUT2D eigenvalue weighted by atomic mass is 19.1. The number of benzene rings is 2. The molecule has 0 amide bonds. The van der Waals surface area contributed by atoms with E-state index in [0.717, 1.165) is 31.6 Å². The molecule has 3 atom stereocenters. The second-order valence-electron chi connectivity index (χ2n) is 11.5. The van der Waals surface area contributed by atoms with Crippen molar-refractivity contribution in [3.63, 3.8) is 0 Å². The van der Waals surface area contributed by atoms with Crippen molar-refractivity contribution < 1.29 is 14.3 Å². The number of carbonyl (C=O) groups is 1. The molecule has 1 N–H and O–H groups in total. The number of nitrogens with zero attached hydrogens (tertiary/aromatic N) is 1. The van der Waals surface area contributed by atoms with Crippen molar-refractivity contribution in [1.82, 2.24) is 4.90 Å². The Morgan fingerprint density at radius 2 is 1.47 bits per heavy atom. The van der Waals surface area contributed by atoms with Crippen molar-refractivity contribution in [3.8, 4) is 0 Å². The second-order valence-corrected chi connectivity index (χ2v) is 11.5. The molecule has 2 aromatic rings. The van der Waals surface area contributed by atoms with Gasteiger partial charge in [-0.25, -0.2) is 4.39 Å². The van der Waals surface area contributed by atoms with Gasteiger partial charge in [-0.15, -0.1) is 0 Å². The van der Waals surface area contributed by atoms with E-state index in [1.165, 1.54) is 70.1 Å². The van der Waals surface area contributed by atoms with Crippen molar-refractivity contribution in [2.45, 2.75) is 70.6 Å². The average Bonchev–Trinajstić information content (AvgIpc) is 3.62. The molecular formula is C32H44FNO2. The number of carboxylic acid groups (broad SMARTS) is 1. The van der Waals surface area contributed by atoms with Gasteiger partial charge in [0.25, 0.3) is 0 Å². The summed E-state index contributed by atoms with van der Waals surface area (Å²) in [6, 6.07) is 18.9. The molecule has 196 valence electrons. The van der Waals surface area contributed by atoms with Gasteiger partial charge >= 0.3 is 5.97 Å². The number of rotatable bonds is 10. The second kappa shape index (κ2) is 13.9. The van der Waals surface area contributed by atoms with E-state index in [0.29, 0.717) is 17.8 Å². The lowest BCUT2D eigenvalue weighted by atomic mass is 9.85. The van der Waals surface area contributed by atoms with E-state index in [4.69, 9.17) is 0 Å². The molecule has 3 fully saturated rings. The molecule has 0 spiro atoms. The number of hydrogen-bond acceptors (Lipinski definition) is 2. The third-order valence-corrected chi connectivity index (χ3v) is 8.63. The molecule has 4 heteroatoms. The molecule has 3 aliphatic rings. The number of piperidine rings is 1. The molecule has 2 saturated carbocycles. The summed E-state index contributed by atoms with van der Waals surface area (Å²) in [4.78, 5) is 14.4. The van der Waals surface area contributed by atoms with Gasteiger partial charge in [0.2, 0.25) is 0 Å². The van der Waals surface area contributed by atoms with Crippen LogP contribution >= 0.6 is 0 Å². The molecule has 0 bridgehead atoms. The van der Waals surface area contributed by atoms with Crippen molar-refractivity contribution in [2.75, 3.05) is 19.6 Å². The molecule has 1 aliphatic heterocycles. The van der Waals surface area contributed by atoms with E-state index in [1.54, 1.807) is 12.1 Å². The van der Waals surface area contributed by atoms with Crippen LogP contribution in [0.1, 0.15) is 69.8 Å². The van der Waals surface area contributed by atoms with Gasteiger partial charge in [0.15, 0.2) is 0 Å². The van der Waals surface area contributed by atoms with Crippen molar-refractivity contribution in [1.29, 1.82) is 0 Å². The summed E-state index contributed by atoms with van der Waals surface area (Å²) < 4.78 is 13.0. The van der Waals surface area contributed by atoms with Crippen LogP contribution in [0.5, 0.6) is 0 Å². The lowest BCUT2D eigenvalue weighted by molar-refractivity contribution is -0.144. The smallest absolute Gasteiger partial charge is 0.306 e. The summed E-state index contributed by atoms with van der Waals surface area (Å²) in [6.07, 6.45) is 13.0. The highest BCUT2D eigenvalue weighted by Crippen LogP contribution is 2.43. The zero-order chi connectivity index (χ0) is 25.2. The van der Waals surface area contributed by atoms with E-state index in [9.17, 15) is 14.3 Å². The maximum Gasteiger partial charge on any atom is 0.306 e. The van der Waals surface area contributed by atoms with Crippen LogP contribution in [-0.4, -0.2) is 35.6 Å². The van der Waals surface area contributed by atoms with Gasteiger partial charge in [-0.2, -0.15) is 0 Å². The monoisotopic (exact) mass is 493 g/mol. The zero-order valence-corrected chi connectivity index (χ0v) is 21.7. The summed E-state index contributed by atoms with van der Waals surface area (Å²) in [7, 11) is 0. The summed E-state index contributed by atoms with van der Waals surface area (Å²) in [5.41, 5.74) is 1.24. The van der Waals surface area contributed by atoms with Gasteiger partial charge in [0.1, 0.15) is 5.82 Å². The van der Waals surface area contributed by atoms with Gasteiger partial charge in [-0.3, -0.25) is 4.79 Å². The minimum absolute atomic E-state index is 0.0886. The molecule has 2 aromatic carbocycles. The van der Waals surface area contributed by atoms with Crippen LogP contribution in [0.3, 0.4) is 0 Å². The topological polar surface area (TPSA) is 40.5 Å². The Balaban J connectivity index is 0.000000445. The standard InChI is InChI=1S/C26H38FNO2.C6H6/c27-24-10-7-19(8-11-24)2-1-3-20-12-14-28(15-13-20)18-22-6-9-23(16-22)25(26(29)30)17-21-4-5-21;1-2-4-6-5-3-1/h7-8,10-11,20-23,25H,1-6,9,12-18H2,(H,29,30);1-6H. The molecule has 3 nitrogen and oxygen atoms in total. The largest absolute Gasteiger partial charge is 0.481 e. The Morgan fingerprint density at radius 3 is 2.06 bits per heavy atom. The van der Waals surface area contributed by atoms with E-state index >= 15 is 0 Å². The van der Waals surface area contributed by atoms with Gasteiger partial charge in [-0.1, -0.05) is 67.8 Å². The molecule has 0 radical (unpaired) electrons. The molecule has 2 aliphatic carbocycles. The van der Waals surface area contributed by atoms with Crippen LogP contribution in [0, 0.1) is 35.4 Å². The van der Waals surface area contributed by atoms with Crippen molar-refractivity contribution in [2.24, 2.45) is 29.6 Å². The SMILES string of the molecule is O=C(O)C(CC1CC1)C1CCC(CN2CCC(CCCc3ccc(F)cc3)CC2)C1.c1ccccc1. The third-order valence-electron chi connectivity index (χ3n) is 8.63. The van der Waals surface area contributed by atoms with E-state index in [1.807, 2.05) is 48.5 Å². The minimum Gasteiger partial charge on any atom is -0.481 e. The predicted octanol–water partition coefficient (Wildman–Crippen LogP) is 7.46. The predicted molar refractivity (Wildman–Crippen MR) is 144 cm³/mol. The fourth-order valence-electron chi connectivity index (χ4n) is 6.31. The van der Waals surface area contributed by atoms with Crippen LogP contribution < -0.4 is 0 Å². The fourth-order valence-corrected chi connectivity index (χ4v) is 6.31. The number of halogens is 1. The van der Waals surface area contributed by atoms with E-state index in [-0.39, 0.29) is 11.7 Å². The molecule has 0 aromatic heterocycles. The molecular weight excluding hydrogens is 449 g/mol. The Kier molecular flexibility index (Phi) is 10.4. The number of aliphatic carboxylic acids is 1. The third kappa shape index (κ3) is 9.03. The average molecular weight is 494 g/mol. The number of carboxylic acids is 1. The highest BCUT2D eigenvalue weighted by Gasteiger charge is 2.38. The lowest BCUT2D eigenvalue weighted by Crippen LogP contribution is -2.37. The van der Waals surface area contributed by atoms with Gasteiger partial charge in [-0.05, 0) is 106 Å². The first-order chi connectivity index (χ1) is 17.6. The van der Waals surface area contributed by atoms with E-state index < -0.39 is 5.97 Å². The molecule has 36 heavy (non-hydrogen) atoms. The van der Waals surface area contributed by atoms with Gasteiger partial charge in [0, 0.05) is 6.54 Å². The van der Waals surface area contributed by atoms with Crippen LogP contribution in [-0.2, 0) is 11.2 Å². The van der Waals surface area contributed by atoms with Gasteiger partial charge < -0.3 is 10.0 Å². The summed E-state index contributed by atoms with van der Waals surface area (Å²) in [5, 5.41) is 9.68. The Morgan fingerprint density at radius 1 is 0.861 bits per heavy atom. The molecule has 3 unspecified atom stereocenters. The molecule has 1 saturated heterocycles. The lowest BCUT2D eigenvalue weighted by Gasteiger charge is -2.33. The van der Waals surface area contributed by atoms with Gasteiger partial charge in [0.05, 0.1) is 5.92 Å². The van der Waals surface area contributed by atoms with Crippen molar-refractivity contribution in [3.05, 3.63) is 72.0 Å². The molecule has 1 heterocycles. The molecule has 5 rings (SSSR count). The maximum atomic E-state index is 13.0. The van der Waals surface area contributed by atoms with E-state index in [2.05, 4.69) is 4.90 Å². The summed E-state index contributed by atoms with van der Waals surface area (Å²) >= 11 is 0. The quantitative estimate of drug-likeness (QED) is 0.373. The fraction of sp³-hybridized carbons (Fsp3) is 0.594. The minimum atomic E-state index is -0.547. The first-order valence-electron chi connectivity index (χ1n) is 14.3. The maximum absolute atomic E-state index is 13.0. The normalized spacial score (nSPS) is 23.6. The van der Waals surface area contributed by atoms with Crippen LogP contribution in [0.25, 0.3) is 0 Å². The number of hydrogen-bond donors (Lipinski definition) is 1. The summed E-state index contributed by atoms with van der Waals surface area (Å²) in [6.45, 7) is 3.58. The van der Waals surface area contributed by atoms with Crippen LogP contribution in [0.4, 0.5) is 4.39 Å². The summed E-state index contributed by atoms with van der Waals surface area (Å²) in [5.74, 6) is 1.85. The Hall–Kier alpha value is -2.20. The van der Waals surface area contributed by atoms with Crippen LogP contribution in [0.2, 0.25) is 0 Å². The Labute approximate surface area is 217 Å². The van der Waals surface area contributed by atoms with Crippen molar-refractivity contribution >= 4 is 5.97 Å². The number of aryl methyl sites for hydroxylation is 1. The first kappa shape index (κ1) is 26.9. The number of likely N-dealkylation sites (tertiary alicyclic amines) is 1. The zero-order valence-electron chi connectivity index (χ0n) is 21.7. The Bertz CT molecular complexity index is 863. The first-order valence-corrected chi connectivity index (χ1v) is 14.3. The highest BCUT2D eigenvalue weighted by molar-refractivity contribution is 5.70. The van der Waals surface area contributed by atoms with Crippen LogP contribution in [0.15, 0.2) is 60.7 Å².